The number of nitrogens with zero attached hydrogens (tertiary/aromatic N) is 4. The van der Waals surface area contributed by atoms with Gasteiger partial charge in [-0.2, -0.15) is 0 Å². The van der Waals surface area contributed by atoms with Gasteiger partial charge in [0.25, 0.3) is 5.91 Å². The van der Waals surface area contributed by atoms with Gasteiger partial charge in [-0.25, -0.2) is 9.97 Å². The van der Waals surface area contributed by atoms with E-state index < -0.39 is 5.97 Å². The number of rotatable bonds is 6. The quantitative estimate of drug-likeness (QED) is 0.625. The van der Waals surface area contributed by atoms with E-state index in [1.54, 1.807) is 6.20 Å². The van der Waals surface area contributed by atoms with E-state index in [2.05, 4.69) is 43.2 Å². The molecule has 1 aliphatic carbocycles. The zero-order valence-electron chi connectivity index (χ0n) is 18.1. The summed E-state index contributed by atoms with van der Waals surface area (Å²) in [7, 11) is 2.07. The molecule has 1 saturated carbocycles. The standard InChI is InChI=1S/C23H28BrN5O3/c1-28-9-11-29(12-10-28)21(30)15-5-7-17(8-6-15)26-23-25-14-19(24)20(27-23)13-16-3-2-4-18(16)22(31)32/h5-8,14,16,18H,2-4,9-13H2,1H3,(H,31,32)(H,25,26,27)/t16-,18-/m0/s1. The first-order valence-corrected chi connectivity index (χ1v) is 11.8. The fourth-order valence-electron chi connectivity index (χ4n) is 4.48. The summed E-state index contributed by atoms with van der Waals surface area (Å²) in [6, 6.07) is 7.34. The molecule has 0 spiro atoms. The van der Waals surface area contributed by atoms with Crippen molar-refractivity contribution in [2.24, 2.45) is 11.8 Å². The van der Waals surface area contributed by atoms with Gasteiger partial charge in [-0.15, -0.1) is 0 Å². The first kappa shape index (κ1) is 22.7. The molecule has 2 fully saturated rings. The highest BCUT2D eigenvalue weighted by Gasteiger charge is 2.33. The summed E-state index contributed by atoms with van der Waals surface area (Å²) in [4.78, 5) is 37.3. The number of hydrogen-bond acceptors (Lipinski definition) is 6. The fraction of sp³-hybridized carbons (Fsp3) is 0.478. The lowest BCUT2D eigenvalue weighted by molar-refractivity contribution is -0.142. The van der Waals surface area contributed by atoms with E-state index in [9.17, 15) is 14.7 Å². The number of carboxylic acid groups (broad SMARTS) is 1. The molecule has 4 rings (SSSR count). The van der Waals surface area contributed by atoms with Crippen LogP contribution in [0.5, 0.6) is 0 Å². The maximum atomic E-state index is 12.7. The average molecular weight is 502 g/mol. The third-order valence-corrected chi connectivity index (χ3v) is 7.09. The van der Waals surface area contributed by atoms with Crippen molar-refractivity contribution in [3.05, 3.63) is 46.2 Å². The van der Waals surface area contributed by atoms with Crippen LogP contribution in [0.25, 0.3) is 0 Å². The minimum Gasteiger partial charge on any atom is -0.481 e. The molecule has 2 N–H and O–H groups in total. The normalized spacial score (nSPS) is 21.5. The number of amides is 1. The van der Waals surface area contributed by atoms with Crippen LogP contribution in [0.15, 0.2) is 34.9 Å². The number of carboxylic acids is 1. The molecule has 1 saturated heterocycles. The van der Waals surface area contributed by atoms with Crippen LogP contribution in [0.1, 0.15) is 35.3 Å². The second-order valence-electron chi connectivity index (χ2n) is 8.63. The van der Waals surface area contributed by atoms with Crippen molar-refractivity contribution in [1.82, 2.24) is 19.8 Å². The number of anilines is 2. The molecule has 8 nitrogen and oxygen atoms in total. The zero-order valence-corrected chi connectivity index (χ0v) is 19.7. The van der Waals surface area contributed by atoms with Crippen molar-refractivity contribution in [2.45, 2.75) is 25.7 Å². The van der Waals surface area contributed by atoms with Crippen LogP contribution in [0.3, 0.4) is 0 Å². The first-order chi connectivity index (χ1) is 15.4. The monoisotopic (exact) mass is 501 g/mol. The Kier molecular flexibility index (Phi) is 7.05. The molecule has 2 atom stereocenters. The Hall–Kier alpha value is -2.52. The summed E-state index contributed by atoms with van der Waals surface area (Å²) in [5.74, 6) is -0.435. The van der Waals surface area contributed by atoms with Crippen LogP contribution >= 0.6 is 15.9 Å². The predicted molar refractivity (Wildman–Crippen MR) is 125 cm³/mol. The predicted octanol–water partition coefficient (Wildman–Crippen LogP) is 3.41. The van der Waals surface area contributed by atoms with E-state index in [1.165, 1.54) is 0 Å². The van der Waals surface area contributed by atoms with Crippen molar-refractivity contribution < 1.29 is 14.7 Å². The van der Waals surface area contributed by atoms with Crippen LogP contribution in [0, 0.1) is 11.8 Å². The van der Waals surface area contributed by atoms with E-state index in [0.717, 1.165) is 61.3 Å². The van der Waals surface area contributed by atoms with Crippen LogP contribution in [0.4, 0.5) is 11.6 Å². The maximum Gasteiger partial charge on any atom is 0.306 e. The molecule has 0 unspecified atom stereocenters. The second-order valence-corrected chi connectivity index (χ2v) is 9.48. The number of aliphatic carboxylic acids is 1. The Labute approximate surface area is 196 Å². The Bertz CT molecular complexity index is 976. The molecule has 1 aliphatic heterocycles. The highest BCUT2D eigenvalue weighted by molar-refractivity contribution is 9.10. The van der Waals surface area contributed by atoms with Gasteiger partial charge in [-0.1, -0.05) is 6.42 Å². The lowest BCUT2D eigenvalue weighted by Crippen LogP contribution is -2.47. The number of carbonyl (C=O) groups excluding carboxylic acids is 1. The highest BCUT2D eigenvalue weighted by Crippen LogP contribution is 2.35. The average Bonchev–Trinajstić information content (AvgIpc) is 3.25. The molecule has 1 amide bonds. The maximum absolute atomic E-state index is 12.7. The van der Waals surface area contributed by atoms with E-state index in [1.807, 2.05) is 29.2 Å². The number of piperazine rings is 1. The number of benzene rings is 1. The number of carbonyl (C=O) groups is 2. The van der Waals surface area contributed by atoms with Gasteiger partial charge in [0.1, 0.15) is 0 Å². The Morgan fingerprint density at radius 3 is 2.56 bits per heavy atom. The van der Waals surface area contributed by atoms with Crippen LogP contribution < -0.4 is 5.32 Å². The van der Waals surface area contributed by atoms with Crippen molar-refractivity contribution in [2.75, 3.05) is 38.5 Å². The SMILES string of the molecule is CN1CCN(C(=O)c2ccc(Nc3ncc(Br)c(C[C@@H]4CCC[C@@H]4C(=O)O)n3)cc2)CC1. The number of hydrogen-bond donors (Lipinski definition) is 2. The first-order valence-electron chi connectivity index (χ1n) is 11.0. The van der Waals surface area contributed by atoms with Gasteiger partial charge >= 0.3 is 5.97 Å². The molecule has 2 aromatic rings. The minimum atomic E-state index is -0.720. The van der Waals surface area contributed by atoms with E-state index in [0.29, 0.717) is 17.9 Å². The van der Waals surface area contributed by atoms with Crippen molar-refractivity contribution in [1.29, 1.82) is 0 Å². The summed E-state index contributed by atoms with van der Waals surface area (Å²) in [5, 5.41) is 12.6. The summed E-state index contributed by atoms with van der Waals surface area (Å²) < 4.78 is 0.784. The summed E-state index contributed by atoms with van der Waals surface area (Å²) in [6.07, 6.45) is 4.87. The molecule has 1 aromatic carbocycles. The third kappa shape index (κ3) is 5.27. The third-order valence-electron chi connectivity index (χ3n) is 6.43. The summed E-state index contributed by atoms with van der Waals surface area (Å²) >= 11 is 3.50. The van der Waals surface area contributed by atoms with Gasteiger partial charge in [0.15, 0.2) is 0 Å². The number of likely N-dealkylation sites (N-methyl/N-ethyl adjacent to an activating group) is 1. The molecule has 2 aliphatic rings. The zero-order chi connectivity index (χ0) is 22.7. The highest BCUT2D eigenvalue weighted by atomic mass is 79.9. The van der Waals surface area contributed by atoms with Crippen molar-refractivity contribution >= 4 is 39.4 Å². The van der Waals surface area contributed by atoms with Gasteiger partial charge in [0.2, 0.25) is 5.95 Å². The van der Waals surface area contributed by atoms with Gasteiger partial charge in [0, 0.05) is 43.6 Å². The lowest BCUT2D eigenvalue weighted by Gasteiger charge is -2.32. The Morgan fingerprint density at radius 2 is 1.88 bits per heavy atom. The largest absolute Gasteiger partial charge is 0.481 e. The van der Waals surface area contributed by atoms with Crippen LogP contribution in [-0.2, 0) is 11.2 Å². The Morgan fingerprint density at radius 1 is 1.16 bits per heavy atom. The second kappa shape index (κ2) is 9.95. The van der Waals surface area contributed by atoms with Gasteiger partial charge in [-0.3, -0.25) is 9.59 Å². The van der Waals surface area contributed by atoms with Gasteiger partial charge in [0.05, 0.1) is 16.1 Å². The molecule has 0 radical (unpaired) electrons. The van der Waals surface area contributed by atoms with E-state index in [4.69, 9.17) is 0 Å². The summed E-state index contributed by atoms with van der Waals surface area (Å²) in [5.41, 5.74) is 2.26. The van der Waals surface area contributed by atoms with E-state index >= 15 is 0 Å². The van der Waals surface area contributed by atoms with Crippen LogP contribution in [0.2, 0.25) is 0 Å². The smallest absolute Gasteiger partial charge is 0.306 e. The molecule has 0 bridgehead atoms. The topological polar surface area (TPSA) is 98.7 Å². The molecule has 170 valence electrons. The molecule has 9 heteroatoms. The van der Waals surface area contributed by atoms with Crippen LogP contribution in [-0.4, -0.2) is 70.0 Å². The molecule has 1 aromatic heterocycles. The molecular formula is C23H28BrN5O3. The van der Waals surface area contributed by atoms with Gasteiger partial charge in [-0.05, 0) is 72.4 Å². The number of aromatic nitrogens is 2. The lowest BCUT2D eigenvalue weighted by atomic mass is 9.91. The van der Waals surface area contributed by atoms with Crippen molar-refractivity contribution in [3.8, 4) is 0 Å². The van der Waals surface area contributed by atoms with Gasteiger partial charge < -0.3 is 20.2 Å². The van der Waals surface area contributed by atoms with E-state index in [-0.39, 0.29) is 17.7 Å². The Balaban J connectivity index is 1.41. The molecule has 32 heavy (non-hydrogen) atoms. The summed E-state index contributed by atoms with van der Waals surface area (Å²) in [6.45, 7) is 3.27. The fourth-order valence-corrected chi connectivity index (χ4v) is 4.83. The molecule has 2 heterocycles. The number of halogens is 1. The van der Waals surface area contributed by atoms with Crippen molar-refractivity contribution in [3.63, 3.8) is 0 Å². The molecular weight excluding hydrogens is 474 g/mol. The minimum absolute atomic E-state index is 0.0522. The number of nitrogens with one attached hydrogen (secondary N) is 1.